The molecule has 2 aromatic carbocycles. The first-order valence-electron chi connectivity index (χ1n) is 10.0. The Morgan fingerprint density at radius 3 is 2.34 bits per heavy atom. The van der Waals surface area contributed by atoms with Gasteiger partial charge in [-0.2, -0.15) is 0 Å². The molecule has 1 aliphatic heterocycles. The summed E-state index contributed by atoms with van der Waals surface area (Å²) >= 11 is 12.2. The smallest absolute Gasteiger partial charge is 0.325 e. The summed E-state index contributed by atoms with van der Waals surface area (Å²) in [6.07, 6.45) is 0.392. The lowest BCUT2D eigenvalue weighted by Gasteiger charge is -2.23. The van der Waals surface area contributed by atoms with Crippen LogP contribution in [0.3, 0.4) is 0 Å². The van der Waals surface area contributed by atoms with E-state index in [4.69, 9.17) is 23.2 Å². The number of carbonyl (C=O) groups is 4. The van der Waals surface area contributed by atoms with Gasteiger partial charge in [0.25, 0.3) is 5.91 Å². The number of urea groups is 1. The SMILES string of the molecule is CC(C)CC(=O)Nc1ccc(C(=O)CN2C(=O)NC(C)(c3ccc(Cl)cc3Cl)C2=O)cc1. The molecule has 2 N–H and O–H groups in total. The fourth-order valence-corrected chi connectivity index (χ4v) is 4.07. The molecule has 1 atom stereocenters. The quantitative estimate of drug-likeness (QED) is 0.450. The van der Waals surface area contributed by atoms with Crippen LogP contribution in [-0.4, -0.2) is 35.1 Å². The molecule has 32 heavy (non-hydrogen) atoms. The van der Waals surface area contributed by atoms with Gasteiger partial charge in [-0.25, -0.2) is 4.79 Å². The summed E-state index contributed by atoms with van der Waals surface area (Å²) in [6, 6.07) is 10.2. The number of rotatable bonds is 7. The third-order valence-corrected chi connectivity index (χ3v) is 5.68. The van der Waals surface area contributed by atoms with Gasteiger partial charge < -0.3 is 10.6 Å². The molecular weight excluding hydrogens is 453 g/mol. The molecule has 0 spiro atoms. The first-order chi connectivity index (χ1) is 15.0. The van der Waals surface area contributed by atoms with Crippen LogP contribution < -0.4 is 10.6 Å². The largest absolute Gasteiger partial charge is 0.326 e. The molecule has 1 unspecified atom stereocenters. The number of imide groups is 1. The zero-order valence-electron chi connectivity index (χ0n) is 17.9. The molecule has 0 saturated carbocycles. The highest BCUT2D eigenvalue weighted by molar-refractivity contribution is 6.35. The van der Waals surface area contributed by atoms with Crippen molar-refractivity contribution in [1.29, 1.82) is 0 Å². The Morgan fingerprint density at radius 2 is 1.75 bits per heavy atom. The highest BCUT2D eigenvalue weighted by atomic mass is 35.5. The molecule has 3 rings (SSSR count). The van der Waals surface area contributed by atoms with Gasteiger partial charge in [0.1, 0.15) is 5.54 Å². The minimum absolute atomic E-state index is 0.112. The van der Waals surface area contributed by atoms with E-state index in [-0.39, 0.29) is 16.8 Å². The van der Waals surface area contributed by atoms with Crippen LogP contribution in [0.25, 0.3) is 0 Å². The van der Waals surface area contributed by atoms with Gasteiger partial charge in [0.2, 0.25) is 5.91 Å². The second kappa shape index (κ2) is 9.30. The van der Waals surface area contributed by atoms with Gasteiger partial charge >= 0.3 is 6.03 Å². The van der Waals surface area contributed by atoms with E-state index >= 15 is 0 Å². The summed E-state index contributed by atoms with van der Waals surface area (Å²) in [5.41, 5.74) is -0.153. The van der Waals surface area contributed by atoms with Crippen LogP contribution in [0.2, 0.25) is 10.0 Å². The van der Waals surface area contributed by atoms with E-state index in [2.05, 4.69) is 10.6 Å². The van der Waals surface area contributed by atoms with E-state index in [0.717, 1.165) is 4.90 Å². The number of halogens is 2. The van der Waals surface area contributed by atoms with Crippen molar-refractivity contribution in [2.24, 2.45) is 5.92 Å². The maximum absolute atomic E-state index is 13.1. The molecule has 168 valence electrons. The maximum Gasteiger partial charge on any atom is 0.325 e. The number of carbonyl (C=O) groups excluding carboxylic acids is 4. The molecule has 0 aliphatic carbocycles. The molecule has 2 aromatic rings. The zero-order chi connectivity index (χ0) is 23.6. The highest BCUT2D eigenvalue weighted by Gasteiger charge is 2.50. The van der Waals surface area contributed by atoms with Gasteiger partial charge in [-0.3, -0.25) is 19.3 Å². The van der Waals surface area contributed by atoms with Crippen LogP contribution in [0.4, 0.5) is 10.5 Å². The van der Waals surface area contributed by atoms with Crippen molar-refractivity contribution >= 4 is 52.5 Å². The Labute approximate surface area is 196 Å². The number of anilines is 1. The van der Waals surface area contributed by atoms with Crippen molar-refractivity contribution in [3.63, 3.8) is 0 Å². The average Bonchev–Trinajstić information content (AvgIpc) is 2.91. The third-order valence-electron chi connectivity index (χ3n) is 5.13. The summed E-state index contributed by atoms with van der Waals surface area (Å²) in [5, 5.41) is 6.02. The van der Waals surface area contributed by atoms with Crippen LogP contribution in [0.1, 0.15) is 43.1 Å². The third kappa shape index (κ3) is 4.95. The summed E-state index contributed by atoms with van der Waals surface area (Å²) in [6.45, 7) is 5.00. The zero-order valence-corrected chi connectivity index (χ0v) is 19.4. The summed E-state index contributed by atoms with van der Waals surface area (Å²) in [4.78, 5) is 51.0. The Balaban J connectivity index is 1.72. The lowest BCUT2D eigenvalue weighted by Crippen LogP contribution is -2.41. The molecule has 9 heteroatoms. The first-order valence-corrected chi connectivity index (χ1v) is 10.8. The van der Waals surface area contributed by atoms with Gasteiger partial charge in [0, 0.05) is 33.3 Å². The monoisotopic (exact) mass is 475 g/mol. The minimum atomic E-state index is -1.41. The predicted molar refractivity (Wildman–Crippen MR) is 123 cm³/mol. The lowest BCUT2D eigenvalue weighted by atomic mass is 9.92. The van der Waals surface area contributed by atoms with Crippen molar-refractivity contribution in [1.82, 2.24) is 10.2 Å². The fourth-order valence-electron chi connectivity index (χ4n) is 3.48. The Morgan fingerprint density at radius 1 is 1.09 bits per heavy atom. The number of ketones is 1. The lowest BCUT2D eigenvalue weighted by molar-refractivity contribution is -0.130. The van der Waals surface area contributed by atoms with E-state index in [1.165, 1.54) is 13.0 Å². The second-order valence-corrected chi connectivity index (χ2v) is 9.06. The van der Waals surface area contributed by atoms with Crippen LogP contribution in [-0.2, 0) is 15.1 Å². The van der Waals surface area contributed by atoms with Crippen molar-refractivity contribution in [3.8, 4) is 0 Å². The molecule has 1 fully saturated rings. The number of benzene rings is 2. The minimum Gasteiger partial charge on any atom is -0.326 e. The number of nitrogens with one attached hydrogen (secondary N) is 2. The van der Waals surface area contributed by atoms with E-state index in [9.17, 15) is 19.2 Å². The van der Waals surface area contributed by atoms with E-state index in [1.807, 2.05) is 13.8 Å². The number of Topliss-reactive ketones (excluding diaryl/α,β-unsaturated/α-hetero) is 1. The maximum atomic E-state index is 13.1. The van der Waals surface area contributed by atoms with Gasteiger partial charge in [-0.15, -0.1) is 0 Å². The first kappa shape index (κ1) is 23.8. The number of hydrogen-bond acceptors (Lipinski definition) is 4. The van der Waals surface area contributed by atoms with Crippen LogP contribution >= 0.6 is 23.2 Å². The average molecular weight is 476 g/mol. The Bertz CT molecular complexity index is 1090. The molecule has 1 aliphatic rings. The van der Waals surface area contributed by atoms with Crippen LogP contribution in [0, 0.1) is 5.92 Å². The molecule has 4 amide bonds. The van der Waals surface area contributed by atoms with Gasteiger partial charge in [-0.05, 0) is 49.2 Å². The Kier molecular flexibility index (Phi) is 6.91. The molecule has 1 heterocycles. The van der Waals surface area contributed by atoms with Crippen LogP contribution in [0.5, 0.6) is 0 Å². The van der Waals surface area contributed by atoms with Crippen molar-refractivity contribution in [2.75, 3.05) is 11.9 Å². The van der Waals surface area contributed by atoms with Gasteiger partial charge in [0.15, 0.2) is 5.78 Å². The summed E-state index contributed by atoms with van der Waals surface area (Å²) in [7, 11) is 0. The van der Waals surface area contributed by atoms with Gasteiger partial charge in [0.05, 0.1) is 6.54 Å². The van der Waals surface area contributed by atoms with Crippen molar-refractivity contribution in [3.05, 3.63) is 63.6 Å². The number of amides is 4. The van der Waals surface area contributed by atoms with Crippen molar-refractivity contribution < 1.29 is 19.2 Å². The summed E-state index contributed by atoms with van der Waals surface area (Å²) in [5.74, 6) is -0.885. The molecule has 0 aromatic heterocycles. The highest BCUT2D eigenvalue weighted by Crippen LogP contribution is 2.35. The molecule has 0 bridgehead atoms. The number of nitrogens with zero attached hydrogens (tertiary/aromatic N) is 1. The molecule has 1 saturated heterocycles. The Hall–Kier alpha value is -2.90. The van der Waals surface area contributed by atoms with E-state index < -0.39 is 29.8 Å². The predicted octanol–water partition coefficient (Wildman–Crippen LogP) is 4.63. The van der Waals surface area contributed by atoms with Gasteiger partial charge in [-0.1, -0.05) is 43.1 Å². The standard InChI is InChI=1S/C23H23Cl2N3O4/c1-13(2)10-20(30)26-16-7-4-14(5-8-16)19(29)12-28-21(31)23(3,27-22(28)32)17-9-6-15(24)11-18(17)25/h4-9,11,13H,10,12H2,1-3H3,(H,26,30)(H,27,32). The fraction of sp³-hybridized carbons (Fsp3) is 0.304. The normalized spacial score (nSPS) is 18.1. The topological polar surface area (TPSA) is 95.6 Å². The van der Waals surface area contributed by atoms with E-state index in [1.54, 1.807) is 36.4 Å². The number of hydrogen-bond donors (Lipinski definition) is 2. The van der Waals surface area contributed by atoms with Crippen molar-refractivity contribution in [2.45, 2.75) is 32.7 Å². The van der Waals surface area contributed by atoms with E-state index in [0.29, 0.717) is 28.3 Å². The molecule has 0 radical (unpaired) electrons. The summed E-state index contributed by atoms with van der Waals surface area (Å²) < 4.78 is 0. The van der Waals surface area contributed by atoms with Crippen LogP contribution in [0.15, 0.2) is 42.5 Å². The molecule has 7 nitrogen and oxygen atoms in total. The molecular formula is C23H23Cl2N3O4. The second-order valence-electron chi connectivity index (χ2n) is 8.22.